The fourth-order valence-electron chi connectivity index (χ4n) is 3.96. The molecule has 4 heterocycles. The van der Waals surface area contributed by atoms with Crippen LogP contribution in [0.25, 0.3) is 5.78 Å². The molecule has 132 valence electrons. The number of nitrogens with zero attached hydrogens (tertiary/aromatic N) is 7. The van der Waals surface area contributed by atoms with Crippen LogP contribution in [-0.2, 0) is 13.1 Å². The van der Waals surface area contributed by atoms with E-state index in [1.165, 1.54) is 24.2 Å². The molecule has 0 N–H and O–H groups in total. The zero-order valence-corrected chi connectivity index (χ0v) is 15.4. The highest BCUT2D eigenvalue weighted by atomic mass is 15.4. The Balaban J connectivity index is 1.56. The van der Waals surface area contributed by atoms with E-state index in [4.69, 9.17) is 0 Å². The molecule has 0 aliphatic carbocycles. The van der Waals surface area contributed by atoms with Gasteiger partial charge in [0.25, 0.3) is 0 Å². The molecule has 1 atom stereocenters. The van der Waals surface area contributed by atoms with E-state index < -0.39 is 0 Å². The Morgan fingerprint density at radius 3 is 2.76 bits per heavy atom. The molecular formula is C18H25N7. The van der Waals surface area contributed by atoms with Crippen molar-refractivity contribution in [3.05, 3.63) is 41.0 Å². The van der Waals surface area contributed by atoms with Gasteiger partial charge in [0.1, 0.15) is 11.6 Å². The molecule has 3 aromatic heterocycles. The van der Waals surface area contributed by atoms with Crippen molar-refractivity contribution in [1.29, 1.82) is 0 Å². The Kier molecular flexibility index (Phi) is 4.03. The van der Waals surface area contributed by atoms with Crippen LogP contribution in [0.4, 0.5) is 0 Å². The lowest BCUT2D eigenvalue weighted by molar-refractivity contribution is 0.215. The molecule has 1 unspecified atom stereocenters. The molecule has 7 heteroatoms. The van der Waals surface area contributed by atoms with Crippen LogP contribution < -0.4 is 0 Å². The van der Waals surface area contributed by atoms with Crippen molar-refractivity contribution in [2.75, 3.05) is 6.54 Å². The van der Waals surface area contributed by atoms with E-state index >= 15 is 0 Å². The SMILES string of the molecule is Cc1cc(C)n2c(CN3CCCC3Cn3nc(C)nc3C)cnc2n1. The van der Waals surface area contributed by atoms with Crippen molar-refractivity contribution in [2.24, 2.45) is 0 Å². The number of likely N-dealkylation sites (tertiary alicyclic amines) is 1. The average Bonchev–Trinajstić information content (AvgIpc) is 3.21. The summed E-state index contributed by atoms with van der Waals surface area (Å²) < 4.78 is 4.22. The van der Waals surface area contributed by atoms with Crippen molar-refractivity contribution in [3.8, 4) is 0 Å². The molecule has 1 aliphatic rings. The maximum Gasteiger partial charge on any atom is 0.234 e. The van der Waals surface area contributed by atoms with Crippen LogP contribution in [0.5, 0.6) is 0 Å². The van der Waals surface area contributed by atoms with Gasteiger partial charge in [-0.1, -0.05) is 0 Å². The third-order valence-electron chi connectivity index (χ3n) is 5.07. The van der Waals surface area contributed by atoms with Gasteiger partial charge in [-0.05, 0) is 53.1 Å². The zero-order chi connectivity index (χ0) is 17.6. The summed E-state index contributed by atoms with van der Waals surface area (Å²) in [6.45, 7) is 11.0. The summed E-state index contributed by atoms with van der Waals surface area (Å²) in [5.41, 5.74) is 3.41. The van der Waals surface area contributed by atoms with Crippen molar-refractivity contribution >= 4 is 5.78 Å². The largest absolute Gasteiger partial charge is 0.293 e. The van der Waals surface area contributed by atoms with Gasteiger partial charge in [0.2, 0.25) is 5.78 Å². The predicted octanol–water partition coefficient (Wildman–Crippen LogP) is 2.22. The van der Waals surface area contributed by atoms with E-state index in [2.05, 4.69) is 42.3 Å². The summed E-state index contributed by atoms with van der Waals surface area (Å²) in [5.74, 6) is 2.64. The van der Waals surface area contributed by atoms with E-state index in [1.54, 1.807) is 0 Å². The molecule has 0 spiro atoms. The highest BCUT2D eigenvalue weighted by Gasteiger charge is 2.27. The minimum absolute atomic E-state index is 0.490. The second kappa shape index (κ2) is 6.22. The van der Waals surface area contributed by atoms with Crippen LogP contribution in [0.15, 0.2) is 12.3 Å². The lowest BCUT2D eigenvalue weighted by Crippen LogP contribution is -2.33. The second-order valence-corrected chi connectivity index (χ2v) is 7.08. The molecule has 0 saturated carbocycles. The Hall–Kier alpha value is -2.28. The molecule has 3 aromatic rings. The van der Waals surface area contributed by atoms with Gasteiger partial charge in [0, 0.05) is 24.0 Å². The lowest BCUT2D eigenvalue weighted by Gasteiger charge is -2.24. The van der Waals surface area contributed by atoms with Crippen molar-refractivity contribution in [2.45, 2.75) is 59.7 Å². The third-order valence-corrected chi connectivity index (χ3v) is 5.07. The first-order chi connectivity index (χ1) is 12.0. The molecule has 0 amide bonds. The van der Waals surface area contributed by atoms with Gasteiger partial charge in [-0.3, -0.25) is 9.30 Å². The number of aromatic nitrogens is 6. The maximum absolute atomic E-state index is 4.54. The van der Waals surface area contributed by atoms with Crippen molar-refractivity contribution in [1.82, 2.24) is 34.0 Å². The predicted molar refractivity (Wildman–Crippen MR) is 95.4 cm³/mol. The highest BCUT2D eigenvalue weighted by Crippen LogP contribution is 2.22. The number of rotatable bonds is 4. The van der Waals surface area contributed by atoms with E-state index in [0.717, 1.165) is 42.8 Å². The van der Waals surface area contributed by atoms with Gasteiger partial charge in [-0.15, -0.1) is 0 Å². The van der Waals surface area contributed by atoms with Gasteiger partial charge < -0.3 is 0 Å². The first-order valence-electron chi connectivity index (χ1n) is 8.94. The summed E-state index contributed by atoms with van der Waals surface area (Å²) in [4.78, 5) is 16.0. The second-order valence-electron chi connectivity index (χ2n) is 7.08. The smallest absolute Gasteiger partial charge is 0.234 e. The van der Waals surface area contributed by atoms with Gasteiger partial charge >= 0.3 is 0 Å². The van der Waals surface area contributed by atoms with Crippen LogP contribution in [0.2, 0.25) is 0 Å². The highest BCUT2D eigenvalue weighted by molar-refractivity contribution is 5.35. The van der Waals surface area contributed by atoms with Gasteiger partial charge in [0.15, 0.2) is 0 Å². The molecule has 0 bridgehead atoms. The summed E-state index contributed by atoms with van der Waals surface area (Å²) in [6.07, 6.45) is 4.39. The van der Waals surface area contributed by atoms with Crippen LogP contribution in [0.3, 0.4) is 0 Å². The van der Waals surface area contributed by atoms with E-state index in [0.29, 0.717) is 6.04 Å². The molecule has 7 nitrogen and oxygen atoms in total. The zero-order valence-electron chi connectivity index (χ0n) is 15.4. The maximum atomic E-state index is 4.54. The lowest BCUT2D eigenvalue weighted by atomic mass is 10.2. The topological polar surface area (TPSA) is 64.1 Å². The first-order valence-corrected chi connectivity index (χ1v) is 8.94. The van der Waals surface area contributed by atoms with Gasteiger partial charge in [-0.2, -0.15) is 5.10 Å². The van der Waals surface area contributed by atoms with Crippen LogP contribution in [0.1, 0.15) is 41.6 Å². The Morgan fingerprint density at radius 1 is 1.16 bits per heavy atom. The fourth-order valence-corrected chi connectivity index (χ4v) is 3.96. The third kappa shape index (κ3) is 3.04. The first kappa shape index (κ1) is 16.2. The van der Waals surface area contributed by atoms with Gasteiger partial charge in [0.05, 0.1) is 18.4 Å². The fraction of sp³-hybridized carbons (Fsp3) is 0.556. The Labute approximate surface area is 147 Å². The molecule has 1 aliphatic heterocycles. The van der Waals surface area contributed by atoms with E-state index in [-0.39, 0.29) is 0 Å². The molecule has 0 radical (unpaired) electrons. The normalized spacial score (nSPS) is 18.5. The summed E-state index contributed by atoms with van der Waals surface area (Å²) in [6, 6.07) is 2.60. The number of fused-ring (bicyclic) bond motifs is 1. The van der Waals surface area contributed by atoms with Crippen molar-refractivity contribution < 1.29 is 0 Å². The molecule has 25 heavy (non-hydrogen) atoms. The Bertz CT molecular complexity index is 908. The standard InChI is InChI=1S/C18H25N7/c1-12-8-13(2)25-17(9-19-18(25)20-12)10-23-7-5-6-16(23)11-24-15(4)21-14(3)22-24/h8-9,16H,5-7,10-11H2,1-4H3. The summed E-state index contributed by atoms with van der Waals surface area (Å²) in [5, 5.41) is 4.53. The quantitative estimate of drug-likeness (QED) is 0.729. The van der Waals surface area contributed by atoms with Crippen molar-refractivity contribution in [3.63, 3.8) is 0 Å². The van der Waals surface area contributed by atoms with Gasteiger partial charge in [-0.25, -0.2) is 19.6 Å². The molecule has 1 saturated heterocycles. The van der Waals surface area contributed by atoms with Crippen LogP contribution in [-0.4, -0.2) is 46.6 Å². The number of hydrogen-bond donors (Lipinski definition) is 0. The van der Waals surface area contributed by atoms with E-state index in [9.17, 15) is 0 Å². The minimum atomic E-state index is 0.490. The minimum Gasteiger partial charge on any atom is -0.293 e. The van der Waals surface area contributed by atoms with E-state index in [1.807, 2.05) is 31.6 Å². The van der Waals surface area contributed by atoms with Crippen LogP contribution >= 0.6 is 0 Å². The summed E-state index contributed by atoms with van der Waals surface area (Å²) >= 11 is 0. The summed E-state index contributed by atoms with van der Waals surface area (Å²) in [7, 11) is 0. The molecular weight excluding hydrogens is 314 g/mol. The molecule has 0 aromatic carbocycles. The number of hydrogen-bond acceptors (Lipinski definition) is 5. The molecule has 4 rings (SSSR count). The Morgan fingerprint density at radius 2 is 2.00 bits per heavy atom. The molecule has 1 fully saturated rings. The van der Waals surface area contributed by atoms with Crippen LogP contribution in [0, 0.1) is 27.7 Å². The average molecular weight is 339 g/mol. The monoisotopic (exact) mass is 339 g/mol. The number of aryl methyl sites for hydroxylation is 4. The number of imidazole rings is 1.